The van der Waals surface area contributed by atoms with E-state index in [1.54, 1.807) is 17.9 Å². The van der Waals surface area contributed by atoms with E-state index < -0.39 is 12.1 Å². The van der Waals surface area contributed by atoms with Crippen LogP contribution in [0.15, 0.2) is 41.6 Å². The molecular formula is C25H33N3O6. The van der Waals surface area contributed by atoms with Crippen LogP contribution in [0.2, 0.25) is 0 Å². The molecule has 0 spiro atoms. The second-order valence-corrected chi connectivity index (χ2v) is 8.66. The molecule has 2 aliphatic rings. The summed E-state index contributed by atoms with van der Waals surface area (Å²) in [6.45, 7) is 2.99. The summed E-state index contributed by atoms with van der Waals surface area (Å²) in [7, 11) is 0. The van der Waals surface area contributed by atoms with Gasteiger partial charge in [0, 0.05) is 38.0 Å². The molecule has 1 aromatic rings. The van der Waals surface area contributed by atoms with Gasteiger partial charge in [-0.1, -0.05) is 23.4 Å². The largest absolute Gasteiger partial charge is 0.508 e. The van der Waals surface area contributed by atoms with Gasteiger partial charge in [-0.2, -0.15) is 0 Å². The Morgan fingerprint density at radius 1 is 1.21 bits per heavy atom. The lowest BCUT2D eigenvalue weighted by Crippen LogP contribution is -2.37. The Balaban J connectivity index is 1.86. The fourth-order valence-corrected chi connectivity index (χ4v) is 3.94. The van der Waals surface area contributed by atoms with Gasteiger partial charge in [-0.05, 0) is 50.3 Å². The van der Waals surface area contributed by atoms with Crippen molar-refractivity contribution in [3.05, 3.63) is 47.6 Å². The Labute approximate surface area is 199 Å². The molecule has 2 aliphatic heterocycles. The van der Waals surface area contributed by atoms with Gasteiger partial charge in [0.15, 0.2) is 6.61 Å². The number of phenols is 2. The predicted octanol–water partition coefficient (Wildman–Crippen LogP) is 2.80. The molecule has 2 atom stereocenters. The van der Waals surface area contributed by atoms with Crippen LogP contribution in [0.4, 0.5) is 0 Å². The summed E-state index contributed by atoms with van der Waals surface area (Å²) in [4.78, 5) is 32.3. The number of carbonyl (C=O) groups is 2. The highest BCUT2D eigenvalue weighted by molar-refractivity contribution is 6.00. The van der Waals surface area contributed by atoms with Crippen molar-refractivity contribution >= 4 is 17.6 Å². The number of hydrogen-bond acceptors (Lipinski definition) is 8. The van der Waals surface area contributed by atoms with Gasteiger partial charge in [-0.15, -0.1) is 0 Å². The maximum absolute atomic E-state index is 12.8. The van der Waals surface area contributed by atoms with E-state index in [0.717, 1.165) is 38.4 Å². The lowest BCUT2D eigenvalue weighted by Gasteiger charge is -2.26. The molecule has 4 N–H and O–H groups in total. The van der Waals surface area contributed by atoms with Crippen LogP contribution in [0.3, 0.4) is 0 Å². The van der Waals surface area contributed by atoms with E-state index in [1.165, 1.54) is 6.07 Å². The molecule has 0 radical (unpaired) electrons. The lowest BCUT2D eigenvalue weighted by atomic mass is 9.99. The average Bonchev–Trinajstić information content (AvgIpc) is 2.78. The van der Waals surface area contributed by atoms with Crippen molar-refractivity contribution in [3.63, 3.8) is 0 Å². The number of aromatic hydroxyl groups is 2. The minimum atomic E-state index is -0.709. The van der Waals surface area contributed by atoms with Crippen LogP contribution < -0.4 is 5.73 Å². The number of fused-ring (bicyclic) bond motifs is 1. The molecule has 0 bridgehead atoms. The standard InChI is InChI=1S/C25H33N3O6/c1-17-7-5-8-19(26)9-6-10-20(27-33-16-23(31)28-11-3-2-4-12-28)13-18-14-21(29)15-22(30)24(18)25(32)34-17/h5-6,8,10,14-15,17,19,29-30H,2-4,7,9,11-13,16,26H2,1H3/b8-5+,10-6+,27-20+/t17-,19+/m1/s1. The molecule has 0 aliphatic carbocycles. The number of esters is 1. The number of cyclic esters (lactones) is 1. The molecule has 2 heterocycles. The number of amides is 1. The Morgan fingerprint density at radius 2 is 1.97 bits per heavy atom. The van der Waals surface area contributed by atoms with Crippen molar-refractivity contribution in [1.82, 2.24) is 4.90 Å². The van der Waals surface area contributed by atoms with E-state index >= 15 is 0 Å². The average molecular weight is 472 g/mol. The van der Waals surface area contributed by atoms with Crippen molar-refractivity contribution in [2.75, 3.05) is 19.7 Å². The number of benzene rings is 1. The van der Waals surface area contributed by atoms with E-state index in [1.807, 2.05) is 18.2 Å². The number of nitrogens with zero attached hydrogens (tertiary/aromatic N) is 2. The quantitative estimate of drug-likeness (QED) is 0.350. The van der Waals surface area contributed by atoms with Crippen LogP contribution in [0.5, 0.6) is 11.5 Å². The van der Waals surface area contributed by atoms with Gasteiger partial charge in [0.1, 0.15) is 23.2 Å². The highest BCUT2D eigenvalue weighted by atomic mass is 16.6. The normalized spacial score (nSPS) is 25.1. The fraction of sp³-hybridized carbons (Fsp3) is 0.480. The smallest absolute Gasteiger partial charge is 0.342 e. The van der Waals surface area contributed by atoms with Gasteiger partial charge in [0.25, 0.3) is 5.91 Å². The van der Waals surface area contributed by atoms with Crippen molar-refractivity contribution in [3.8, 4) is 11.5 Å². The van der Waals surface area contributed by atoms with E-state index in [0.29, 0.717) is 24.1 Å². The number of oxime groups is 1. The Hall–Kier alpha value is -3.33. The van der Waals surface area contributed by atoms with Crippen molar-refractivity contribution in [1.29, 1.82) is 0 Å². The van der Waals surface area contributed by atoms with Crippen LogP contribution in [0.25, 0.3) is 0 Å². The summed E-state index contributed by atoms with van der Waals surface area (Å²) in [5.41, 5.74) is 6.78. The molecule has 9 heteroatoms. The summed E-state index contributed by atoms with van der Waals surface area (Å²) in [6.07, 6.45) is 10.9. The second-order valence-electron chi connectivity index (χ2n) is 8.66. The second kappa shape index (κ2) is 12.2. The number of allylic oxidation sites excluding steroid dienone is 1. The lowest BCUT2D eigenvalue weighted by molar-refractivity contribution is -0.137. The summed E-state index contributed by atoms with van der Waals surface area (Å²) in [5.74, 6) is -1.43. The molecule has 1 fully saturated rings. The number of likely N-dealkylation sites (tertiary alicyclic amines) is 1. The Morgan fingerprint density at radius 3 is 2.74 bits per heavy atom. The first kappa shape index (κ1) is 25.3. The predicted molar refractivity (Wildman–Crippen MR) is 128 cm³/mol. The number of nitrogens with two attached hydrogens (primary N) is 1. The van der Waals surface area contributed by atoms with Crippen LogP contribution in [-0.2, 0) is 20.8 Å². The van der Waals surface area contributed by atoms with Gasteiger partial charge in [0.05, 0.1) is 5.71 Å². The number of rotatable bonds is 3. The number of carbonyl (C=O) groups excluding carboxylic acids is 2. The Bertz CT molecular complexity index is 966. The maximum Gasteiger partial charge on any atom is 0.342 e. The highest BCUT2D eigenvalue weighted by Crippen LogP contribution is 2.29. The number of piperidine rings is 1. The molecule has 0 unspecified atom stereocenters. The zero-order chi connectivity index (χ0) is 24.5. The van der Waals surface area contributed by atoms with E-state index in [4.69, 9.17) is 15.3 Å². The monoisotopic (exact) mass is 471 g/mol. The van der Waals surface area contributed by atoms with E-state index in [-0.39, 0.29) is 42.0 Å². The zero-order valence-corrected chi connectivity index (χ0v) is 19.5. The maximum atomic E-state index is 12.8. The van der Waals surface area contributed by atoms with Crippen molar-refractivity contribution < 1.29 is 29.4 Å². The fourth-order valence-electron chi connectivity index (χ4n) is 3.94. The topological polar surface area (TPSA) is 135 Å². The third-order valence-corrected chi connectivity index (χ3v) is 5.72. The molecule has 3 rings (SSSR count). The molecule has 1 saturated heterocycles. The first-order chi connectivity index (χ1) is 16.3. The molecule has 0 aromatic heterocycles. The number of ether oxygens (including phenoxy) is 1. The summed E-state index contributed by atoms with van der Waals surface area (Å²) in [5, 5.41) is 24.5. The number of hydrogen-bond donors (Lipinski definition) is 3. The van der Waals surface area contributed by atoms with E-state index in [2.05, 4.69) is 5.16 Å². The third-order valence-electron chi connectivity index (χ3n) is 5.72. The SMILES string of the molecule is C[C@@H]1C/C=C/[C@H](N)C/C=C/C(=N\OCC(=O)N2CCCCC2)Cc2cc(O)cc(O)c2C(=O)O1. The molecule has 9 nitrogen and oxygen atoms in total. The molecule has 1 amide bonds. The first-order valence-corrected chi connectivity index (χ1v) is 11.6. The van der Waals surface area contributed by atoms with E-state index in [9.17, 15) is 19.8 Å². The molecule has 184 valence electrons. The summed E-state index contributed by atoms with van der Waals surface area (Å²) < 4.78 is 5.48. The van der Waals surface area contributed by atoms with Crippen molar-refractivity contribution in [2.24, 2.45) is 10.9 Å². The molecule has 1 aromatic carbocycles. The van der Waals surface area contributed by atoms with Crippen LogP contribution in [0.1, 0.15) is 54.9 Å². The molecule has 0 saturated carbocycles. The zero-order valence-electron chi connectivity index (χ0n) is 19.5. The Kier molecular flexibility index (Phi) is 9.09. The van der Waals surface area contributed by atoms with Gasteiger partial charge >= 0.3 is 5.97 Å². The van der Waals surface area contributed by atoms with Crippen LogP contribution >= 0.6 is 0 Å². The van der Waals surface area contributed by atoms with Gasteiger partial charge < -0.3 is 30.4 Å². The van der Waals surface area contributed by atoms with Gasteiger partial charge in [0.2, 0.25) is 0 Å². The number of phenolic OH excluding ortho intramolecular Hbond substituents is 2. The molecule has 34 heavy (non-hydrogen) atoms. The minimum Gasteiger partial charge on any atom is -0.508 e. The van der Waals surface area contributed by atoms with Crippen molar-refractivity contribution in [2.45, 2.75) is 57.6 Å². The third kappa shape index (κ3) is 7.34. The summed E-state index contributed by atoms with van der Waals surface area (Å²) in [6, 6.07) is 2.24. The van der Waals surface area contributed by atoms with Crippen LogP contribution in [-0.4, -0.2) is 64.5 Å². The highest BCUT2D eigenvalue weighted by Gasteiger charge is 2.22. The van der Waals surface area contributed by atoms with Gasteiger partial charge in [-0.3, -0.25) is 4.79 Å². The summed E-state index contributed by atoms with van der Waals surface area (Å²) >= 11 is 0. The van der Waals surface area contributed by atoms with Gasteiger partial charge in [-0.25, -0.2) is 4.79 Å². The first-order valence-electron chi connectivity index (χ1n) is 11.6. The molecular weight excluding hydrogens is 438 g/mol. The van der Waals surface area contributed by atoms with Crippen LogP contribution in [0, 0.1) is 0 Å². The minimum absolute atomic E-state index is 0.0483.